The molecule has 2 N–H and O–H groups in total. The summed E-state index contributed by atoms with van der Waals surface area (Å²) in [7, 11) is -2.94. The van der Waals surface area contributed by atoms with E-state index in [1.807, 2.05) is 6.92 Å². The molecule has 0 saturated heterocycles. The van der Waals surface area contributed by atoms with Crippen LogP contribution in [0.15, 0.2) is 24.3 Å². The summed E-state index contributed by atoms with van der Waals surface area (Å²) in [4.78, 5) is 0. The lowest BCUT2D eigenvalue weighted by molar-refractivity contribution is 0.475. The van der Waals surface area contributed by atoms with Crippen molar-refractivity contribution in [2.45, 2.75) is 19.5 Å². The highest BCUT2D eigenvalue weighted by Crippen LogP contribution is 2.09. The van der Waals surface area contributed by atoms with Gasteiger partial charge in [-0.1, -0.05) is 12.1 Å². The zero-order chi connectivity index (χ0) is 12.2. The predicted molar refractivity (Wildman–Crippen MR) is 64.1 cm³/mol. The Morgan fingerprint density at radius 1 is 1.31 bits per heavy atom. The van der Waals surface area contributed by atoms with Crippen molar-refractivity contribution in [2.75, 3.05) is 12.0 Å². The molecule has 0 amide bonds. The Balaban J connectivity index is 2.43. The van der Waals surface area contributed by atoms with E-state index in [1.165, 1.54) is 6.26 Å². The van der Waals surface area contributed by atoms with Gasteiger partial charge in [0, 0.05) is 18.8 Å². The summed E-state index contributed by atoms with van der Waals surface area (Å²) in [5, 5.41) is 12.2. The fourth-order valence-corrected chi connectivity index (χ4v) is 2.45. The molecule has 0 aliphatic carbocycles. The van der Waals surface area contributed by atoms with Crippen LogP contribution < -0.4 is 5.32 Å². The number of benzene rings is 1. The first-order chi connectivity index (χ1) is 7.37. The highest BCUT2D eigenvalue weighted by Gasteiger charge is 2.09. The van der Waals surface area contributed by atoms with Gasteiger partial charge in [-0.15, -0.1) is 0 Å². The van der Waals surface area contributed by atoms with Crippen LogP contribution in [0, 0.1) is 0 Å². The standard InChI is InChI=1S/C11H17NO3S/c1-9(8-16(2,14)15)12-7-10-3-5-11(13)6-4-10/h3-6,9,12-13H,7-8H2,1-2H3. The number of phenols is 1. The van der Waals surface area contributed by atoms with E-state index in [4.69, 9.17) is 5.11 Å². The van der Waals surface area contributed by atoms with Gasteiger partial charge in [0.25, 0.3) is 0 Å². The first kappa shape index (κ1) is 13.0. The van der Waals surface area contributed by atoms with Crippen LogP contribution in [0.3, 0.4) is 0 Å². The number of nitrogens with one attached hydrogen (secondary N) is 1. The molecule has 5 heteroatoms. The third-order valence-electron chi connectivity index (χ3n) is 2.14. The number of rotatable bonds is 5. The number of hydrogen-bond acceptors (Lipinski definition) is 4. The molecule has 0 fully saturated rings. The molecule has 16 heavy (non-hydrogen) atoms. The molecule has 0 aromatic heterocycles. The molecule has 0 spiro atoms. The molecule has 1 atom stereocenters. The number of hydrogen-bond donors (Lipinski definition) is 2. The molecular weight excluding hydrogens is 226 g/mol. The molecule has 0 saturated carbocycles. The van der Waals surface area contributed by atoms with Crippen molar-refractivity contribution in [1.29, 1.82) is 0 Å². The highest BCUT2D eigenvalue weighted by molar-refractivity contribution is 7.90. The summed E-state index contributed by atoms with van der Waals surface area (Å²) >= 11 is 0. The first-order valence-electron chi connectivity index (χ1n) is 5.06. The van der Waals surface area contributed by atoms with E-state index in [-0.39, 0.29) is 17.5 Å². The van der Waals surface area contributed by atoms with E-state index in [9.17, 15) is 8.42 Å². The summed E-state index contributed by atoms with van der Waals surface area (Å²) in [6.07, 6.45) is 1.23. The molecule has 1 aromatic rings. The molecule has 90 valence electrons. The second-order valence-corrected chi connectivity index (χ2v) is 6.23. The lowest BCUT2D eigenvalue weighted by Gasteiger charge is -2.12. The predicted octanol–water partition coefficient (Wildman–Crippen LogP) is 0.915. The molecular formula is C11H17NO3S. The molecule has 0 aliphatic rings. The summed E-state index contributed by atoms with van der Waals surface area (Å²) in [5.41, 5.74) is 1.01. The van der Waals surface area contributed by atoms with Gasteiger partial charge in [0.1, 0.15) is 15.6 Å². The summed E-state index contributed by atoms with van der Waals surface area (Å²) in [6.45, 7) is 2.43. The largest absolute Gasteiger partial charge is 0.508 e. The lowest BCUT2D eigenvalue weighted by atomic mass is 10.2. The van der Waals surface area contributed by atoms with Crippen molar-refractivity contribution >= 4 is 9.84 Å². The quantitative estimate of drug-likeness (QED) is 0.807. The van der Waals surface area contributed by atoms with Gasteiger partial charge in [-0.2, -0.15) is 0 Å². The number of sulfone groups is 1. The highest BCUT2D eigenvalue weighted by atomic mass is 32.2. The van der Waals surface area contributed by atoms with E-state index in [1.54, 1.807) is 24.3 Å². The maximum Gasteiger partial charge on any atom is 0.148 e. The molecule has 4 nitrogen and oxygen atoms in total. The van der Waals surface area contributed by atoms with Crippen LogP contribution in [-0.2, 0) is 16.4 Å². The van der Waals surface area contributed by atoms with Crippen LogP contribution in [0.4, 0.5) is 0 Å². The minimum Gasteiger partial charge on any atom is -0.508 e. The van der Waals surface area contributed by atoms with Gasteiger partial charge in [0.2, 0.25) is 0 Å². The molecule has 1 rings (SSSR count). The Morgan fingerprint density at radius 2 is 1.88 bits per heavy atom. The SMILES string of the molecule is CC(CS(C)(=O)=O)NCc1ccc(O)cc1. The van der Waals surface area contributed by atoms with Crippen LogP contribution in [0.1, 0.15) is 12.5 Å². The lowest BCUT2D eigenvalue weighted by Crippen LogP contribution is -2.32. The Hall–Kier alpha value is -1.07. The minimum absolute atomic E-state index is 0.0798. The van der Waals surface area contributed by atoms with E-state index in [0.717, 1.165) is 5.56 Å². The van der Waals surface area contributed by atoms with E-state index in [0.29, 0.717) is 6.54 Å². The Kier molecular flexibility index (Phi) is 4.32. The first-order valence-corrected chi connectivity index (χ1v) is 7.12. The van der Waals surface area contributed by atoms with E-state index >= 15 is 0 Å². The van der Waals surface area contributed by atoms with Crippen LogP contribution in [0.25, 0.3) is 0 Å². The van der Waals surface area contributed by atoms with Gasteiger partial charge in [0.05, 0.1) is 5.75 Å². The Labute approximate surface area is 96.2 Å². The zero-order valence-corrected chi connectivity index (χ0v) is 10.3. The second-order valence-electron chi connectivity index (χ2n) is 4.04. The van der Waals surface area contributed by atoms with Crippen molar-refractivity contribution in [3.8, 4) is 5.75 Å². The van der Waals surface area contributed by atoms with Crippen molar-refractivity contribution < 1.29 is 13.5 Å². The van der Waals surface area contributed by atoms with Crippen molar-refractivity contribution in [3.05, 3.63) is 29.8 Å². The molecule has 0 heterocycles. The maximum atomic E-state index is 11.0. The Bertz CT molecular complexity index is 425. The fraction of sp³-hybridized carbons (Fsp3) is 0.455. The summed E-state index contributed by atoms with van der Waals surface area (Å²) < 4.78 is 22.0. The third-order valence-corrected chi connectivity index (χ3v) is 3.25. The van der Waals surface area contributed by atoms with Crippen LogP contribution in [-0.4, -0.2) is 31.6 Å². The van der Waals surface area contributed by atoms with Gasteiger partial charge in [-0.25, -0.2) is 8.42 Å². The smallest absolute Gasteiger partial charge is 0.148 e. The average Bonchev–Trinajstić information content (AvgIpc) is 2.14. The van der Waals surface area contributed by atoms with Gasteiger partial charge in [-0.05, 0) is 24.6 Å². The molecule has 1 unspecified atom stereocenters. The van der Waals surface area contributed by atoms with Crippen molar-refractivity contribution in [1.82, 2.24) is 5.32 Å². The van der Waals surface area contributed by atoms with Crippen LogP contribution in [0.2, 0.25) is 0 Å². The van der Waals surface area contributed by atoms with Crippen molar-refractivity contribution in [3.63, 3.8) is 0 Å². The third kappa shape index (κ3) is 5.14. The number of phenolic OH excluding ortho intramolecular Hbond substituents is 1. The molecule has 0 radical (unpaired) electrons. The minimum atomic E-state index is -2.94. The van der Waals surface area contributed by atoms with Crippen molar-refractivity contribution in [2.24, 2.45) is 0 Å². The molecule has 1 aromatic carbocycles. The van der Waals surface area contributed by atoms with Crippen LogP contribution in [0.5, 0.6) is 5.75 Å². The van der Waals surface area contributed by atoms with E-state index < -0.39 is 9.84 Å². The Morgan fingerprint density at radius 3 is 2.38 bits per heavy atom. The summed E-state index contributed by atoms with van der Waals surface area (Å²) in [6, 6.07) is 6.74. The summed E-state index contributed by atoms with van der Waals surface area (Å²) in [5.74, 6) is 0.360. The van der Waals surface area contributed by atoms with Gasteiger partial charge in [-0.3, -0.25) is 0 Å². The maximum absolute atomic E-state index is 11.0. The van der Waals surface area contributed by atoms with Gasteiger partial charge in [0.15, 0.2) is 0 Å². The topological polar surface area (TPSA) is 66.4 Å². The second kappa shape index (κ2) is 5.32. The molecule has 0 bridgehead atoms. The molecule has 0 aliphatic heterocycles. The monoisotopic (exact) mass is 243 g/mol. The van der Waals surface area contributed by atoms with Gasteiger partial charge < -0.3 is 10.4 Å². The van der Waals surface area contributed by atoms with Crippen LogP contribution >= 0.6 is 0 Å². The fourth-order valence-electron chi connectivity index (χ4n) is 1.42. The van der Waals surface area contributed by atoms with Gasteiger partial charge >= 0.3 is 0 Å². The average molecular weight is 243 g/mol. The number of aromatic hydroxyl groups is 1. The zero-order valence-electron chi connectivity index (χ0n) is 9.47. The van der Waals surface area contributed by atoms with E-state index in [2.05, 4.69) is 5.32 Å². The normalized spacial score (nSPS) is 13.6.